The van der Waals surface area contributed by atoms with Gasteiger partial charge < -0.3 is 21.3 Å². The highest BCUT2D eigenvalue weighted by atomic mass is 19.4. The molecule has 26 heavy (non-hydrogen) atoms. The molecule has 0 amide bonds. The zero-order valence-electron chi connectivity index (χ0n) is 14.0. The van der Waals surface area contributed by atoms with Crippen LogP contribution in [0.1, 0.15) is 42.1 Å². The van der Waals surface area contributed by atoms with Crippen molar-refractivity contribution in [2.45, 2.75) is 37.8 Å². The molecule has 0 spiro atoms. The molecule has 5 N–H and O–H groups in total. The minimum Gasteiger partial charge on any atom is -0.475 e. The van der Waals surface area contributed by atoms with E-state index in [4.69, 9.17) is 26.1 Å². The molecule has 0 aromatic heterocycles. The van der Waals surface area contributed by atoms with Crippen LogP contribution in [0, 0.1) is 0 Å². The first-order valence-corrected chi connectivity index (χ1v) is 7.23. The predicted octanol–water partition coefficient (Wildman–Crippen LogP) is 3.39. The van der Waals surface area contributed by atoms with Crippen molar-refractivity contribution < 1.29 is 41.0 Å². The minimum absolute atomic E-state index is 0.0777. The number of nitrogens with two attached hydrogens (primary N) is 2. The normalized spacial score (nSPS) is 14.2. The van der Waals surface area contributed by atoms with E-state index in [-0.39, 0.29) is 5.56 Å². The lowest BCUT2D eigenvalue weighted by atomic mass is 9.94. The second-order valence-corrected chi connectivity index (χ2v) is 5.32. The maximum absolute atomic E-state index is 13.0. The molecule has 0 aliphatic rings. The number of hydrogen-bond donors (Lipinski definition) is 3. The maximum Gasteiger partial charge on any atom is 0.490 e. The van der Waals surface area contributed by atoms with Gasteiger partial charge in [0.2, 0.25) is 0 Å². The molecule has 0 saturated heterocycles. The van der Waals surface area contributed by atoms with Crippen molar-refractivity contribution in [1.29, 1.82) is 0 Å². The third kappa shape index (κ3) is 8.02. The van der Waals surface area contributed by atoms with Crippen LogP contribution in [-0.4, -0.2) is 31.0 Å². The SMILES string of the molecule is COCCC(N)c1ccc(C(C)N)cc1C(F)(F)F.O=C(O)C(F)(F)F. The van der Waals surface area contributed by atoms with Gasteiger partial charge in [0.25, 0.3) is 0 Å². The molecule has 0 saturated carbocycles. The first-order chi connectivity index (χ1) is 11.7. The molecule has 5 nitrogen and oxygen atoms in total. The Kier molecular flexibility index (Phi) is 9.05. The van der Waals surface area contributed by atoms with Gasteiger partial charge in [-0.2, -0.15) is 26.3 Å². The van der Waals surface area contributed by atoms with Gasteiger partial charge in [-0.05, 0) is 30.5 Å². The van der Waals surface area contributed by atoms with Crippen LogP contribution in [0.15, 0.2) is 18.2 Å². The summed E-state index contributed by atoms with van der Waals surface area (Å²) in [6, 6.07) is 2.90. The predicted molar refractivity (Wildman–Crippen MR) is 81.2 cm³/mol. The number of aliphatic carboxylic acids is 1. The second-order valence-electron chi connectivity index (χ2n) is 5.32. The molecular weight excluding hydrogens is 370 g/mol. The summed E-state index contributed by atoms with van der Waals surface area (Å²) in [5.41, 5.74) is 11.2. The number of hydrogen-bond acceptors (Lipinski definition) is 4. The van der Waals surface area contributed by atoms with E-state index < -0.39 is 36.0 Å². The molecule has 2 unspecified atom stereocenters. The number of carboxylic acids is 1. The van der Waals surface area contributed by atoms with Crippen molar-refractivity contribution in [3.8, 4) is 0 Å². The Morgan fingerprint density at radius 3 is 2.04 bits per heavy atom. The highest BCUT2D eigenvalue weighted by Crippen LogP contribution is 2.36. The van der Waals surface area contributed by atoms with Gasteiger partial charge >= 0.3 is 18.3 Å². The van der Waals surface area contributed by atoms with Crippen molar-refractivity contribution in [3.05, 3.63) is 34.9 Å². The summed E-state index contributed by atoms with van der Waals surface area (Å²) >= 11 is 0. The van der Waals surface area contributed by atoms with Crippen molar-refractivity contribution in [1.82, 2.24) is 0 Å². The number of methoxy groups -OCH3 is 1. The van der Waals surface area contributed by atoms with E-state index in [2.05, 4.69) is 0 Å². The Balaban J connectivity index is 0.000000758. The van der Waals surface area contributed by atoms with Crippen LogP contribution < -0.4 is 11.5 Å². The Morgan fingerprint density at radius 1 is 1.19 bits per heavy atom. The van der Waals surface area contributed by atoms with Crippen LogP contribution in [0.25, 0.3) is 0 Å². The monoisotopic (exact) mass is 390 g/mol. The fourth-order valence-corrected chi connectivity index (χ4v) is 1.83. The summed E-state index contributed by atoms with van der Waals surface area (Å²) in [4.78, 5) is 8.90. The molecule has 2 atom stereocenters. The van der Waals surface area contributed by atoms with E-state index in [1.54, 1.807) is 13.0 Å². The van der Waals surface area contributed by atoms with Crippen LogP contribution in [0.3, 0.4) is 0 Å². The summed E-state index contributed by atoms with van der Waals surface area (Å²) in [7, 11) is 1.48. The molecule has 0 bridgehead atoms. The Morgan fingerprint density at radius 2 is 1.69 bits per heavy atom. The summed E-state index contributed by atoms with van der Waals surface area (Å²) < 4.78 is 75.7. The van der Waals surface area contributed by atoms with Gasteiger partial charge in [-0.3, -0.25) is 0 Å². The molecule has 0 fully saturated rings. The third-order valence-electron chi connectivity index (χ3n) is 3.18. The lowest BCUT2D eigenvalue weighted by Gasteiger charge is -2.20. The van der Waals surface area contributed by atoms with Gasteiger partial charge in [-0.1, -0.05) is 12.1 Å². The Bertz CT molecular complexity index is 588. The average molecular weight is 390 g/mol. The van der Waals surface area contributed by atoms with Crippen molar-refractivity contribution in [3.63, 3.8) is 0 Å². The number of carboxylic acid groups (broad SMARTS) is 1. The standard InChI is InChI=1S/C13H19F3N2O.C2HF3O2/c1-8(17)9-3-4-10(12(18)5-6-19-2)11(7-9)13(14,15)16;3-2(4,5)1(6)7/h3-4,7-8,12H,5-6,17-18H2,1-2H3;(H,6,7). The van der Waals surface area contributed by atoms with Crippen LogP contribution >= 0.6 is 0 Å². The lowest BCUT2D eigenvalue weighted by molar-refractivity contribution is -0.192. The highest BCUT2D eigenvalue weighted by Gasteiger charge is 2.38. The Hall–Kier alpha value is -1.85. The summed E-state index contributed by atoms with van der Waals surface area (Å²) in [5, 5.41) is 7.12. The topological polar surface area (TPSA) is 98.6 Å². The van der Waals surface area contributed by atoms with E-state index in [9.17, 15) is 26.3 Å². The molecule has 150 valence electrons. The Labute approximate surface area is 145 Å². The number of halogens is 6. The number of carbonyl (C=O) groups is 1. The van der Waals surface area contributed by atoms with Gasteiger partial charge in [-0.15, -0.1) is 0 Å². The first-order valence-electron chi connectivity index (χ1n) is 7.23. The molecule has 1 aromatic rings. The van der Waals surface area contributed by atoms with Crippen molar-refractivity contribution >= 4 is 5.97 Å². The van der Waals surface area contributed by atoms with E-state index in [0.717, 1.165) is 6.07 Å². The first kappa shape index (κ1) is 24.1. The summed E-state index contributed by atoms with van der Waals surface area (Å²) in [5.74, 6) is -2.76. The zero-order chi connectivity index (χ0) is 20.7. The highest BCUT2D eigenvalue weighted by molar-refractivity contribution is 5.73. The molecule has 11 heteroatoms. The number of rotatable bonds is 5. The quantitative estimate of drug-likeness (QED) is 0.670. The summed E-state index contributed by atoms with van der Waals surface area (Å²) in [6.45, 7) is 1.95. The average Bonchev–Trinajstić information content (AvgIpc) is 2.50. The van der Waals surface area contributed by atoms with Crippen molar-refractivity contribution in [2.75, 3.05) is 13.7 Å². The van der Waals surface area contributed by atoms with Crippen LogP contribution in [0.5, 0.6) is 0 Å². The zero-order valence-corrected chi connectivity index (χ0v) is 14.0. The van der Waals surface area contributed by atoms with Gasteiger partial charge in [0.1, 0.15) is 0 Å². The van der Waals surface area contributed by atoms with Gasteiger partial charge in [0.15, 0.2) is 0 Å². The van der Waals surface area contributed by atoms with Crippen LogP contribution in [0.2, 0.25) is 0 Å². The van der Waals surface area contributed by atoms with E-state index >= 15 is 0 Å². The third-order valence-corrected chi connectivity index (χ3v) is 3.18. The lowest BCUT2D eigenvalue weighted by Crippen LogP contribution is -2.21. The molecular formula is C15H20F6N2O3. The molecule has 0 aliphatic heterocycles. The van der Waals surface area contributed by atoms with Gasteiger partial charge in [0, 0.05) is 25.8 Å². The van der Waals surface area contributed by atoms with E-state index in [1.165, 1.54) is 13.2 Å². The fraction of sp³-hybridized carbons (Fsp3) is 0.533. The number of benzene rings is 1. The van der Waals surface area contributed by atoms with Crippen molar-refractivity contribution in [2.24, 2.45) is 11.5 Å². The maximum atomic E-state index is 13.0. The smallest absolute Gasteiger partial charge is 0.475 e. The molecule has 0 aliphatic carbocycles. The van der Waals surface area contributed by atoms with Gasteiger partial charge in [-0.25, -0.2) is 4.79 Å². The van der Waals surface area contributed by atoms with E-state index in [0.29, 0.717) is 18.6 Å². The number of ether oxygens (including phenoxy) is 1. The number of alkyl halides is 6. The van der Waals surface area contributed by atoms with Crippen LogP contribution in [-0.2, 0) is 15.7 Å². The fourth-order valence-electron chi connectivity index (χ4n) is 1.83. The molecule has 0 radical (unpaired) electrons. The van der Waals surface area contributed by atoms with E-state index in [1.807, 2.05) is 0 Å². The summed E-state index contributed by atoms with van der Waals surface area (Å²) in [6.07, 6.45) is -9.19. The minimum atomic E-state index is -5.08. The molecule has 1 rings (SSSR count). The largest absolute Gasteiger partial charge is 0.490 e. The van der Waals surface area contributed by atoms with Crippen LogP contribution in [0.4, 0.5) is 26.3 Å². The second kappa shape index (κ2) is 9.74. The van der Waals surface area contributed by atoms with Gasteiger partial charge in [0.05, 0.1) is 5.56 Å². The molecule has 0 heterocycles. The molecule has 1 aromatic carbocycles.